The van der Waals surface area contributed by atoms with Crippen molar-refractivity contribution in [1.29, 1.82) is 0 Å². The Morgan fingerprint density at radius 2 is 0.784 bits per heavy atom. The van der Waals surface area contributed by atoms with Crippen LogP contribution in [0.2, 0.25) is 0 Å². The Morgan fingerprint density at radius 3 is 1.41 bits per heavy atom. The highest BCUT2D eigenvalue weighted by Crippen LogP contribution is 2.48. The lowest BCUT2D eigenvalue weighted by molar-refractivity contribution is 0.670. The molecule has 0 spiro atoms. The molecule has 1 aliphatic rings. The molecule has 0 bridgehead atoms. The van der Waals surface area contributed by atoms with E-state index in [4.69, 9.17) is 4.42 Å². The zero-order valence-corrected chi connectivity index (χ0v) is 20.1. The molecule has 0 saturated carbocycles. The van der Waals surface area contributed by atoms with Gasteiger partial charge in [0.2, 0.25) is 0 Å². The Hall–Kier alpha value is -4.88. The summed E-state index contributed by atoms with van der Waals surface area (Å²) in [5, 5.41) is 2.31. The van der Waals surface area contributed by atoms with Crippen LogP contribution in [0.1, 0.15) is 0 Å². The van der Waals surface area contributed by atoms with Crippen molar-refractivity contribution >= 4 is 21.9 Å². The molecule has 1 heteroatoms. The van der Waals surface area contributed by atoms with Gasteiger partial charge in [-0.05, 0) is 62.2 Å². The summed E-state index contributed by atoms with van der Waals surface area (Å²) >= 11 is 0. The number of benzene rings is 6. The van der Waals surface area contributed by atoms with Crippen molar-refractivity contribution in [1.82, 2.24) is 0 Å². The first kappa shape index (κ1) is 20.3. The minimum absolute atomic E-state index is 0.923. The molecule has 172 valence electrons. The van der Waals surface area contributed by atoms with Crippen LogP contribution in [0.5, 0.6) is 0 Å². The normalized spacial score (nSPS) is 11.8. The van der Waals surface area contributed by atoms with Gasteiger partial charge in [-0.1, -0.05) is 121 Å². The average molecular weight is 471 g/mol. The van der Waals surface area contributed by atoms with E-state index in [0.29, 0.717) is 0 Å². The number of furan rings is 1. The molecule has 0 saturated heterocycles. The van der Waals surface area contributed by atoms with Crippen molar-refractivity contribution in [2.24, 2.45) is 0 Å². The Kier molecular flexibility index (Phi) is 4.29. The first-order valence-corrected chi connectivity index (χ1v) is 12.7. The van der Waals surface area contributed by atoms with Crippen molar-refractivity contribution in [3.63, 3.8) is 0 Å². The molecule has 0 radical (unpaired) electrons. The number of rotatable bonds is 1. The molecule has 6 aromatic carbocycles. The molecule has 1 aromatic heterocycles. The van der Waals surface area contributed by atoms with Crippen LogP contribution >= 0.6 is 0 Å². The maximum absolute atomic E-state index is 6.40. The molecule has 0 unspecified atom stereocenters. The third-order valence-electron chi connectivity index (χ3n) is 7.68. The van der Waals surface area contributed by atoms with Crippen LogP contribution in [0, 0.1) is 0 Å². The van der Waals surface area contributed by atoms with Crippen LogP contribution in [0.4, 0.5) is 0 Å². The number of fused-ring (bicyclic) bond motifs is 11. The predicted octanol–water partition coefficient (Wildman–Crippen LogP) is 10.2. The topological polar surface area (TPSA) is 13.1 Å². The Labute approximate surface area is 215 Å². The monoisotopic (exact) mass is 470 g/mol. The number of hydrogen-bond donors (Lipinski definition) is 0. The molecule has 0 atom stereocenters. The minimum atomic E-state index is 0.923. The standard InChI is InChI=1S/C36H22O/c1-2-11-26-25(10-1)27-12-3-4-14-29(27)31-21-20-23(22-34(31)30-15-6-5-13-28(26)30)24-17-9-18-33-32-16-7-8-19-35(32)37-36(24)33/h1-22H. The summed E-state index contributed by atoms with van der Waals surface area (Å²) in [5.74, 6) is 0. The van der Waals surface area contributed by atoms with E-state index in [1.807, 2.05) is 12.1 Å². The lowest BCUT2D eigenvalue weighted by Crippen LogP contribution is -1.97. The van der Waals surface area contributed by atoms with Gasteiger partial charge in [0, 0.05) is 16.3 Å². The van der Waals surface area contributed by atoms with E-state index in [1.165, 1.54) is 44.5 Å². The molecule has 7 aromatic rings. The van der Waals surface area contributed by atoms with Gasteiger partial charge in [-0.25, -0.2) is 0 Å². The van der Waals surface area contributed by atoms with Crippen molar-refractivity contribution in [2.75, 3.05) is 0 Å². The van der Waals surface area contributed by atoms with Gasteiger partial charge in [0.05, 0.1) is 0 Å². The van der Waals surface area contributed by atoms with E-state index in [0.717, 1.165) is 33.1 Å². The molecular formula is C36H22O. The predicted molar refractivity (Wildman–Crippen MR) is 154 cm³/mol. The average Bonchev–Trinajstić information content (AvgIpc) is 3.35. The molecule has 0 fully saturated rings. The van der Waals surface area contributed by atoms with Crippen LogP contribution in [-0.2, 0) is 0 Å². The highest BCUT2D eigenvalue weighted by Gasteiger charge is 2.22. The summed E-state index contributed by atoms with van der Waals surface area (Å²) in [4.78, 5) is 0. The number of hydrogen-bond acceptors (Lipinski definition) is 1. The fraction of sp³-hybridized carbons (Fsp3) is 0. The molecule has 1 aliphatic carbocycles. The van der Waals surface area contributed by atoms with Gasteiger partial charge in [-0.2, -0.15) is 0 Å². The second kappa shape index (κ2) is 7.81. The maximum atomic E-state index is 6.40. The highest BCUT2D eigenvalue weighted by atomic mass is 16.3. The Bertz CT molecular complexity index is 1980. The fourth-order valence-electron chi connectivity index (χ4n) is 6.00. The van der Waals surface area contributed by atoms with E-state index < -0.39 is 0 Å². The van der Waals surface area contributed by atoms with Crippen molar-refractivity contribution in [2.45, 2.75) is 0 Å². The summed E-state index contributed by atoms with van der Waals surface area (Å²) in [7, 11) is 0. The summed E-state index contributed by atoms with van der Waals surface area (Å²) < 4.78 is 6.40. The quantitative estimate of drug-likeness (QED) is 0.233. The first-order chi connectivity index (χ1) is 18.4. The lowest BCUT2D eigenvalue weighted by Gasteiger charge is -2.23. The highest BCUT2D eigenvalue weighted by molar-refractivity contribution is 6.10. The lowest BCUT2D eigenvalue weighted by atomic mass is 9.80. The van der Waals surface area contributed by atoms with Crippen LogP contribution in [-0.4, -0.2) is 0 Å². The fourth-order valence-corrected chi connectivity index (χ4v) is 6.00. The Balaban J connectivity index is 1.45. The van der Waals surface area contributed by atoms with Crippen LogP contribution in [0.15, 0.2) is 138 Å². The molecule has 1 heterocycles. The van der Waals surface area contributed by atoms with Gasteiger partial charge < -0.3 is 4.42 Å². The molecule has 8 rings (SSSR count). The zero-order chi connectivity index (χ0) is 24.3. The van der Waals surface area contributed by atoms with Gasteiger partial charge in [0.1, 0.15) is 11.2 Å². The minimum Gasteiger partial charge on any atom is -0.455 e. The van der Waals surface area contributed by atoms with Crippen LogP contribution in [0.3, 0.4) is 0 Å². The van der Waals surface area contributed by atoms with E-state index in [9.17, 15) is 0 Å². The van der Waals surface area contributed by atoms with E-state index in [2.05, 4.69) is 121 Å². The van der Waals surface area contributed by atoms with Crippen LogP contribution < -0.4 is 0 Å². The third kappa shape index (κ3) is 2.98. The smallest absolute Gasteiger partial charge is 0.143 e. The van der Waals surface area contributed by atoms with E-state index in [-0.39, 0.29) is 0 Å². The second-order valence-corrected chi connectivity index (χ2v) is 9.68. The summed E-state index contributed by atoms with van der Waals surface area (Å²) in [5.41, 5.74) is 14.2. The van der Waals surface area contributed by atoms with Gasteiger partial charge >= 0.3 is 0 Å². The van der Waals surface area contributed by atoms with Crippen molar-refractivity contribution < 1.29 is 4.42 Å². The van der Waals surface area contributed by atoms with Gasteiger partial charge in [-0.3, -0.25) is 0 Å². The Morgan fingerprint density at radius 1 is 0.324 bits per heavy atom. The van der Waals surface area contributed by atoms with E-state index in [1.54, 1.807) is 0 Å². The summed E-state index contributed by atoms with van der Waals surface area (Å²) in [6.45, 7) is 0. The summed E-state index contributed by atoms with van der Waals surface area (Å²) in [6, 6.07) is 47.9. The maximum Gasteiger partial charge on any atom is 0.143 e. The third-order valence-corrected chi connectivity index (χ3v) is 7.68. The summed E-state index contributed by atoms with van der Waals surface area (Å²) in [6.07, 6.45) is 0. The molecule has 1 nitrogen and oxygen atoms in total. The molecule has 0 aliphatic heterocycles. The SMILES string of the molecule is c1ccc2c(c1)-c1ccccc1-c1ccc(-c3cccc4c3oc3ccccc34)cc1-c1ccccc1-2. The van der Waals surface area contributed by atoms with Gasteiger partial charge in [0.25, 0.3) is 0 Å². The van der Waals surface area contributed by atoms with Crippen molar-refractivity contribution in [3.8, 4) is 55.6 Å². The molecule has 0 amide bonds. The molecule has 0 N–H and O–H groups in total. The zero-order valence-electron chi connectivity index (χ0n) is 20.1. The van der Waals surface area contributed by atoms with Gasteiger partial charge in [0.15, 0.2) is 0 Å². The number of para-hydroxylation sites is 2. The molecule has 37 heavy (non-hydrogen) atoms. The largest absolute Gasteiger partial charge is 0.455 e. The first-order valence-electron chi connectivity index (χ1n) is 12.7. The van der Waals surface area contributed by atoms with E-state index >= 15 is 0 Å². The van der Waals surface area contributed by atoms with Crippen LogP contribution in [0.25, 0.3) is 77.6 Å². The van der Waals surface area contributed by atoms with Crippen molar-refractivity contribution in [3.05, 3.63) is 133 Å². The van der Waals surface area contributed by atoms with Gasteiger partial charge in [-0.15, -0.1) is 0 Å². The molecular weight excluding hydrogens is 448 g/mol. The second-order valence-electron chi connectivity index (χ2n) is 9.68.